The van der Waals surface area contributed by atoms with Gasteiger partial charge in [-0.25, -0.2) is 13.4 Å². The molecule has 0 N–H and O–H groups in total. The number of nitrogens with zero attached hydrogens (tertiary/aromatic N) is 3. The second-order valence-corrected chi connectivity index (χ2v) is 10.2. The van der Waals surface area contributed by atoms with Crippen LogP contribution in [0.25, 0.3) is 10.6 Å². The molecule has 6 nitrogen and oxygen atoms in total. The number of ether oxygens (including phenoxy) is 1. The van der Waals surface area contributed by atoms with Crippen molar-refractivity contribution >= 4 is 21.4 Å². The molecule has 0 radical (unpaired) electrons. The van der Waals surface area contributed by atoms with Crippen molar-refractivity contribution in [2.45, 2.75) is 18.4 Å². The summed E-state index contributed by atoms with van der Waals surface area (Å²) in [6.45, 7) is 5.05. The molecule has 2 aromatic carbocycles. The summed E-state index contributed by atoms with van der Waals surface area (Å²) in [6, 6.07) is 14.9. The third-order valence-corrected chi connectivity index (χ3v) is 8.12. The van der Waals surface area contributed by atoms with Gasteiger partial charge in [-0.2, -0.15) is 4.31 Å². The van der Waals surface area contributed by atoms with Crippen LogP contribution in [0, 0.1) is 6.92 Å². The van der Waals surface area contributed by atoms with Gasteiger partial charge in [-0.15, -0.1) is 11.3 Å². The zero-order valence-corrected chi connectivity index (χ0v) is 18.7. The van der Waals surface area contributed by atoms with Gasteiger partial charge >= 0.3 is 0 Å². The number of hydrogen-bond donors (Lipinski definition) is 0. The maximum Gasteiger partial charge on any atom is 0.243 e. The fourth-order valence-corrected chi connectivity index (χ4v) is 5.70. The molecule has 0 spiro atoms. The van der Waals surface area contributed by atoms with Crippen LogP contribution >= 0.6 is 11.3 Å². The van der Waals surface area contributed by atoms with Crippen LogP contribution in [-0.2, 0) is 16.6 Å². The molecule has 0 atom stereocenters. The average Bonchev–Trinajstić information content (AvgIpc) is 3.23. The van der Waals surface area contributed by atoms with Gasteiger partial charge in [-0.3, -0.25) is 4.90 Å². The second kappa shape index (κ2) is 8.85. The molecule has 2 heterocycles. The number of rotatable bonds is 6. The summed E-state index contributed by atoms with van der Waals surface area (Å²) in [5, 5.41) is 3.06. The molecule has 0 saturated carbocycles. The van der Waals surface area contributed by atoms with Crippen LogP contribution in [0.3, 0.4) is 0 Å². The summed E-state index contributed by atoms with van der Waals surface area (Å²) in [5.41, 5.74) is 3.14. The monoisotopic (exact) mass is 443 g/mol. The Labute approximate surface area is 181 Å². The molecular formula is C22H25N3O3S2. The van der Waals surface area contributed by atoms with Gasteiger partial charge in [0.1, 0.15) is 10.8 Å². The van der Waals surface area contributed by atoms with Crippen molar-refractivity contribution in [2.24, 2.45) is 0 Å². The van der Waals surface area contributed by atoms with Crippen LogP contribution in [0.2, 0.25) is 0 Å². The van der Waals surface area contributed by atoms with Gasteiger partial charge in [-0.05, 0) is 43.3 Å². The first-order valence-corrected chi connectivity index (χ1v) is 12.2. The molecule has 0 unspecified atom stereocenters. The minimum Gasteiger partial charge on any atom is -0.497 e. The highest BCUT2D eigenvalue weighted by molar-refractivity contribution is 7.89. The Balaban J connectivity index is 1.36. The van der Waals surface area contributed by atoms with Crippen molar-refractivity contribution < 1.29 is 13.2 Å². The highest BCUT2D eigenvalue weighted by Gasteiger charge is 2.28. The summed E-state index contributed by atoms with van der Waals surface area (Å²) in [5.74, 6) is 0.828. The van der Waals surface area contributed by atoms with Crippen molar-refractivity contribution in [3.8, 4) is 16.3 Å². The number of aromatic nitrogens is 1. The quantitative estimate of drug-likeness (QED) is 0.582. The number of sulfonamides is 1. The molecule has 1 aliphatic rings. The van der Waals surface area contributed by atoms with Crippen molar-refractivity contribution in [3.05, 3.63) is 65.2 Å². The van der Waals surface area contributed by atoms with Crippen molar-refractivity contribution in [1.29, 1.82) is 0 Å². The SMILES string of the molecule is COc1ccc(-c2nc(CN3CCN(S(=O)(=O)c4ccc(C)cc4)CC3)cs2)cc1. The minimum absolute atomic E-state index is 0.366. The molecule has 0 bridgehead atoms. The van der Waals surface area contributed by atoms with E-state index in [1.807, 2.05) is 43.3 Å². The van der Waals surface area contributed by atoms with Crippen LogP contribution in [0.1, 0.15) is 11.3 Å². The van der Waals surface area contributed by atoms with Gasteiger partial charge < -0.3 is 4.74 Å². The molecule has 30 heavy (non-hydrogen) atoms. The first-order valence-electron chi connectivity index (χ1n) is 9.84. The topological polar surface area (TPSA) is 62.7 Å². The molecule has 158 valence electrons. The van der Waals surface area contributed by atoms with E-state index in [1.165, 1.54) is 0 Å². The molecule has 1 aliphatic heterocycles. The molecule has 8 heteroatoms. The van der Waals surface area contributed by atoms with Crippen LogP contribution in [0.15, 0.2) is 58.8 Å². The predicted molar refractivity (Wildman–Crippen MR) is 119 cm³/mol. The average molecular weight is 444 g/mol. The lowest BCUT2D eigenvalue weighted by Gasteiger charge is -2.33. The number of benzene rings is 2. The zero-order valence-electron chi connectivity index (χ0n) is 17.1. The van der Waals surface area contributed by atoms with Gasteiger partial charge in [0.05, 0.1) is 17.7 Å². The lowest BCUT2D eigenvalue weighted by atomic mass is 10.2. The van der Waals surface area contributed by atoms with Gasteiger partial charge in [0, 0.05) is 43.7 Å². The third kappa shape index (κ3) is 4.57. The van der Waals surface area contributed by atoms with Crippen molar-refractivity contribution in [2.75, 3.05) is 33.3 Å². The second-order valence-electron chi connectivity index (χ2n) is 7.37. The number of aryl methyl sites for hydroxylation is 1. The first kappa shape index (κ1) is 21.0. The smallest absolute Gasteiger partial charge is 0.243 e. The van der Waals surface area contributed by atoms with Crippen molar-refractivity contribution in [3.63, 3.8) is 0 Å². The lowest BCUT2D eigenvalue weighted by Crippen LogP contribution is -2.48. The van der Waals surface area contributed by atoms with Crippen LogP contribution in [0.4, 0.5) is 0 Å². The molecule has 0 aliphatic carbocycles. The normalized spacial score (nSPS) is 15.9. The number of piperazine rings is 1. The molecule has 1 saturated heterocycles. The summed E-state index contributed by atoms with van der Waals surface area (Å²) in [7, 11) is -1.77. The number of hydrogen-bond acceptors (Lipinski definition) is 6. The van der Waals surface area contributed by atoms with Crippen molar-refractivity contribution in [1.82, 2.24) is 14.2 Å². The highest BCUT2D eigenvalue weighted by Crippen LogP contribution is 2.26. The Morgan fingerprint density at radius 2 is 1.67 bits per heavy atom. The summed E-state index contributed by atoms with van der Waals surface area (Å²) in [6.07, 6.45) is 0. The Hall–Kier alpha value is -2.26. The van der Waals surface area contributed by atoms with Crippen LogP contribution in [-0.4, -0.2) is 55.9 Å². The van der Waals surface area contributed by atoms with E-state index in [0.29, 0.717) is 31.1 Å². The van der Waals surface area contributed by atoms with E-state index in [9.17, 15) is 8.42 Å². The van der Waals surface area contributed by atoms with Gasteiger partial charge in [0.2, 0.25) is 10.0 Å². The minimum atomic E-state index is -3.43. The summed E-state index contributed by atoms with van der Waals surface area (Å²) < 4.78 is 32.5. The van der Waals surface area contributed by atoms with E-state index in [2.05, 4.69) is 10.3 Å². The molecule has 1 aromatic heterocycles. The molecule has 1 fully saturated rings. The first-order chi connectivity index (χ1) is 14.5. The van der Waals surface area contributed by atoms with Gasteiger partial charge in [0.25, 0.3) is 0 Å². The number of thiazole rings is 1. The van der Waals surface area contributed by atoms with E-state index >= 15 is 0 Å². The third-order valence-electron chi connectivity index (χ3n) is 5.26. The lowest BCUT2D eigenvalue weighted by molar-refractivity contribution is 0.180. The number of methoxy groups -OCH3 is 1. The van der Waals surface area contributed by atoms with E-state index in [1.54, 1.807) is 34.9 Å². The van der Waals surface area contributed by atoms with Gasteiger partial charge in [-0.1, -0.05) is 17.7 Å². The maximum atomic E-state index is 12.9. The predicted octanol–water partition coefficient (Wildman–Crippen LogP) is 3.63. The van der Waals surface area contributed by atoms with Crippen LogP contribution in [0.5, 0.6) is 5.75 Å². The Bertz CT molecular complexity index is 1090. The Morgan fingerprint density at radius 3 is 2.30 bits per heavy atom. The maximum absolute atomic E-state index is 12.9. The zero-order chi connectivity index (χ0) is 21.1. The molecular weight excluding hydrogens is 418 g/mol. The van der Waals surface area contributed by atoms with E-state index in [0.717, 1.165) is 34.1 Å². The Kier molecular flexibility index (Phi) is 6.19. The van der Waals surface area contributed by atoms with E-state index in [-0.39, 0.29) is 0 Å². The fourth-order valence-electron chi connectivity index (χ4n) is 3.46. The van der Waals surface area contributed by atoms with E-state index < -0.39 is 10.0 Å². The fraction of sp³-hybridized carbons (Fsp3) is 0.318. The summed E-state index contributed by atoms with van der Waals surface area (Å²) in [4.78, 5) is 7.38. The molecule has 3 aromatic rings. The van der Waals surface area contributed by atoms with E-state index in [4.69, 9.17) is 9.72 Å². The highest BCUT2D eigenvalue weighted by atomic mass is 32.2. The largest absolute Gasteiger partial charge is 0.497 e. The van der Waals surface area contributed by atoms with Crippen LogP contribution < -0.4 is 4.74 Å². The summed E-state index contributed by atoms with van der Waals surface area (Å²) >= 11 is 1.62. The van der Waals surface area contributed by atoms with Gasteiger partial charge in [0.15, 0.2) is 0 Å². The Morgan fingerprint density at radius 1 is 1.00 bits per heavy atom. The standard InChI is InChI=1S/C22H25N3O3S2/c1-17-3-9-21(10-4-17)30(26,27)25-13-11-24(12-14-25)15-19-16-29-22(23-19)18-5-7-20(28-2)8-6-18/h3-10,16H,11-15H2,1-2H3. The molecule has 0 amide bonds. The molecule has 4 rings (SSSR count).